The van der Waals surface area contributed by atoms with Crippen LogP contribution >= 0.6 is 11.3 Å². The van der Waals surface area contributed by atoms with Crippen molar-refractivity contribution in [1.82, 2.24) is 20.1 Å². The SMILES string of the molecule is NC(=O)c1cc(-c2csc(NC(=O)CCc3nc(-c4ccccc4)no3)n2)c[nH]1. The summed E-state index contributed by atoms with van der Waals surface area (Å²) in [6.45, 7) is 0. The highest BCUT2D eigenvalue weighted by atomic mass is 32.1. The molecule has 2 amide bonds. The molecule has 0 atom stereocenters. The van der Waals surface area contributed by atoms with Gasteiger partial charge in [0.2, 0.25) is 17.6 Å². The molecule has 0 radical (unpaired) electrons. The highest BCUT2D eigenvalue weighted by molar-refractivity contribution is 7.14. The monoisotopic (exact) mass is 408 g/mol. The van der Waals surface area contributed by atoms with Crippen LogP contribution in [-0.4, -0.2) is 31.9 Å². The van der Waals surface area contributed by atoms with Gasteiger partial charge >= 0.3 is 0 Å². The number of aromatic amines is 1. The third kappa shape index (κ3) is 4.38. The van der Waals surface area contributed by atoms with Crippen molar-refractivity contribution in [2.24, 2.45) is 5.73 Å². The molecular weight excluding hydrogens is 392 g/mol. The smallest absolute Gasteiger partial charge is 0.265 e. The summed E-state index contributed by atoms with van der Waals surface area (Å²) < 4.78 is 5.21. The summed E-state index contributed by atoms with van der Waals surface area (Å²) in [5, 5.41) is 8.93. The molecule has 9 nitrogen and oxygen atoms in total. The topological polar surface area (TPSA) is 140 Å². The number of nitrogens with two attached hydrogens (primary N) is 1. The van der Waals surface area contributed by atoms with Crippen molar-refractivity contribution in [2.75, 3.05) is 5.32 Å². The summed E-state index contributed by atoms with van der Waals surface area (Å²) in [5.74, 6) is 0.131. The lowest BCUT2D eigenvalue weighted by Gasteiger charge is -1.99. The lowest BCUT2D eigenvalue weighted by molar-refractivity contribution is -0.116. The molecule has 0 saturated carbocycles. The number of benzene rings is 1. The highest BCUT2D eigenvalue weighted by Gasteiger charge is 2.13. The van der Waals surface area contributed by atoms with Crippen LogP contribution in [0.4, 0.5) is 5.13 Å². The molecule has 0 aliphatic carbocycles. The van der Waals surface area contributed by atoms with Crippen molar-refractivity contribution in [1.29, 1.82) is 0 Å². The average molecular weight is 408 g/mol. The Balaban J connectivity index is 1.33. The van der Waals surface area contributed by atoms with E-state index >= 15 is 0 Å². The second-order valence-corrected chi connectivity index (χ2v) is 6.99. The Kier molecular flexibility index (Phi) is 5.16. The molecular formula is C19H16N6O3S. The van der Waals surface area contributed by atoms with Crippen LogP contribution in [0, 0.1) is 0 Å². The van der Waals surface area contributed by atoms with Gasteiger partial charge in [-0.1, -0.05) is 35.5 Å². The van der Waals surface area contributed by atoms with Gasteiger partial charge < -0.3 is 20.6 Å². The van der Waals surface area contributed by atoms with Gasteiger partial charge in [0.15, 0.2) is 5.13 Å². The van der Waals surface area contributed by atoms with E-state index in [1.54, 1.807) is 17.6 Å². The van der Waals surface area contributed by atoms with Gasteiger partial charge in [-0.15, -0.1) is 11.3 Å². The van der Waals surface area contributed by atoms with E-state index in [4.69, 9.17) is 10.3 Å². The van der Waals surface area contributed by atoms with E-state index in [-0.39, 0.29) is 12.3 Å². The quantitative estimate of drug-likeness (QED) is 0.429. The molecule has 4 aromatic rings. The number of carbonyl (C=O) groups is 2. The molecule has 3 aromatic heterocycles. The van der Waals surface area contributed by atoms with E-state index in [9.17, 15) is 9.59 Å². The predicted octanol–water partition coefficient (Wildman–Crippen LogP) is 2.86. The first-order chi connectivity index (χ1) is 14.1. The van der Waals surface area contributed by atoms with E-state index in [1.807, 2.05) is 30.3 Å². The number of anilines is 1. The van der Waals surface area contributed by atoms with E-state index < -0.39 is 5.91 Å². The third-order valence-electron chi connectivity index (χ3n) is 4.06. The van der Waals surface area contributed by atoms with Gasteiger partial charge in [0.05, 0.1) is 5.69 Å². The van der Waals surface area contributed by atoms with Crippen LogP contribution in [0.2, 0.25) is 0 Å². The minimum Gasteiger partial charge on any atom is -0.364 e. The first-order valence-electron chi connectivity index (χ1n) is 8.70. The Hall–Kier alpha value is -3.79. The first-order valence-corrected chi connectivity index (χ1v) is 9.58. The minimum atomic E-state index is -0.545. The summed E-state index contributed by atoms with van der Waals surface area (Å²) >= 11 is 1.29. The van der Waals surface area contributed by atoms with Gasteiger partial charge in [-0.2, -0.15) is 4.98 Å². The largest absolute Gasteiger partial charge is 0.364 e. The van der Waals surface area contributed by atoms with Crippen molar-refractivity contribution < 1.29 is 14.1 Å². The van der Waals surface area contributed by atoms with Gasteiger partial charge in [0, 0.05) is 35.5 Å². The van der Waals surface area contributed by atoms with Crippen molar-refractivity contribution in [2.45, 2.75) is 12.8 Å². The Morgan fingerprint density at radius 1 is 1.17 bits per heavy atom. The average Bonchev–Trinajstić information content (AvgIpc) is 3.47. The van der Waals surface area contributed by atoms with Crippen molar-refractivity contribution in [3.63, 3.8) is 0 Å². The number of hydrogen-bond acceptors (Lipinski definition) is 7. The molecule has 4 rings (SSSR count). The molecule has 4 N–H and O–H groups in total. The number of H-pyrrole nitrogens is 1. The number of amides is 2. The summed E-state index contributed by atoms with van der Waals surface area (Å²) in [4.78, 5) is 34.8. The zero-order valence-electron chi connectivity index (χ0n) is 15.1. The molecule has 0 aliphatic rings. The summed E-state index contributed by atoms with van der Waals surface area (Å²) in [6.07, 6.45) is 2.14. The molecule has 29 heavy (non-hydrogen) atoms. The summed E-state index contributed by atoms with van der Waals surface area (Å²) in [6, 6.07) is 11.1. The summed E-state index contributed by atoms with van der Waals surface area (Å²) in [7, 11) is 0. The molecule has 0 fully saturated rings. The van der Waals surface area contributed by atoms with E-state index in [1.165, 1.54) is 11.3 Å². The number of primary amides is 1. The maximum absolute atomic E-state index is 12.2. The number of aromatic nitrogens is 4. The zero-order valence-corrected chi connectivity index (χ0v) is 15.9. The number of hydrogen-bond donors (Lipinski definition) is 3. The van der Waals surface area contributed by atoms with Gasteiger partial charge in [-0.3, -0.25) is 9.59 Å². The standard InChI is InChI=1S/C19H16N6O3S/c20-17(27)13-8-12(9-21-13)14-10-29-19(22-14)23-15(26)6-7-16-24-18(25-28-16)11-4-2-1-3-5-11/h1-5,8-10,21H,6-7H2,(H2,20,27)(H,22,23,26). The van der Waals surface area contributed by atoms with Crippen LogP contribution in [0.15, 0.2) is 52.5 Å². The van der Waals surface area contributed by atoms with Crippen LogP contribution < -0.4 is 11.1 Å². The van der Waals surface area contributed by atoms with Crippen LogP contribution in [0.1, 0.15) is 22.8 Å². The fourth-order valence-corrected chi connectivity index (χ4v) is 3.35. The van der Waals surface area contributed by atoms with Gasteiger partial charge in [0.1, 0.15) is 5.69 Å². The summed E-state index contributed by atoms with van der Waals surface area (Å²) in [5.41, 5.74) is 7.74. The van der Waals surface area contributed by atoms with Gasteiger partial charge in [0.25, 0.3) is 5.91 Å². The number of nitrogens with zero attached hydrogens (tertiary/aromatic N) is 3. The van der Waals surface area contributed by atoms with Gasteiger partial charge in [-0.05, 0) is 6.07 Å². The Bertz CT molecular complexity index is 1150. The van der Waals surface area contributed by atoms with Crippen LogP contribution in [-0.2, 0) is 11.2 Å². The van der Waals surface area contributed by atoms with E-state index in [0.29, 0.717) is 34.7 Å². The molecule has 0 saturated heterocycles. The predicted molar refractivity (Wildman–Crippen MR) is 107 cm³/mol. The molecule has 0 unspecified atom stereocenters. The van der Waals surface area contributed by atoms with Crippen LogP contribution in [0.5, 0.6) is 0 Å². The molecule has 0 bridgehead atoms. The number of aryl methyl sites for hydroxylation is 1. The van der Waals surface area contributed by atoms with Gasteiger partial charge in [-0.25, -0.2) is 4.98 Å². The molecule has 1 aromatic carbocycles. The Morgan fingerprint density at radius 3 is 2.76 bits per heavy atom. The fourth-order valence-electron chi connectivity index (χ4n) is 2.61. The maximum Gasteiger partial charge on any atom is 0.265 e. The Morgan fingerprint density at radius 2 is 2.00 bits per heavy atom. The van der Waals surface area contributed by atoms with Crippen LogP contribution in [0.3, 0.4) is 0 Å². The third-order valence-corrected chi connectivity index (χ3v) is 4.82. The van der Waals surface area contributed by atoms with E-state index in [0.717, 1.165) is 11.1 Å². The van der Waals surface area contributed by atoms with Crippen LogP contribution in [0.25, 0.3) is 22.6 Å². The Labute approximate surface area is 169 Å². The maximum atomic E-state index is 12.2. The molecule has 146 valence electrons. The van der Waals surface area contributed by atoms with Crippen molar-refractivity contribution in [3.05, 3.63) is 59.6 Å². The highest BCUT2D eigenvalue weighted by Crippen LogP contribution is 2.25. The normalized spacial score (nSPS) is 10.8. The lowest BCUT2D eigenvalue weighted by Crippen LogP contribution is -2.12. The number of nitrogens with one attached hydrogen (secondary N) is 2. The zero-order chi connectivity index (χ0) is 20.2. The second kappa shape index (κ2) is 8.07. The number of rotatable bonds is 7. The molecule has 10 heteroatoms. The molecule has 3 heterocycles. The first kappa shape index (κ1) is 18.6. The molecule has 0 aliphatic heterocycles. The second-order valence-electron chi connectivity index (χ2n) is 6.13. The lowest BCUT2D eigenvalue weighted by atomic mass is 10.2. The molecule has 0 spiro atoms. The fraction of sp³-hybridized carbons (Fsp3) is 0.105. The van der Waals surface area contributed by atoms with Crippen molar-refractivity contribution >= 4 is 28.3 Å². The van der Waals surface area contributed by atoms with E-state index in [2.05, 4.69) is 25.4 Å². The van der Waals surface area contributed by atoms with Crippen molar-refractivity contribution in [3.8, 4) is 22.6 Å². The number of carbonyl (C=O) groups excluding carboxylic acids is 2. The number of thiazole rings is 1. The minimum absolute atomic E-state index is 0.182.